The molecule has 3 nitrogen and oxygen atoms in total. The molecule has 0 aliphatic rings. The van der Waals surface area contributed by atoms with Gasteiger partial charge in [-0.1, -0.05) is 0 Å². The van der Waals surface area contributed by atoms with Gasteiger partial charge < -0.3 is 11.1 Å². The number of hydrogen-bond acceptors (Lipinski definition) is 2. The Labute approximate surface area is 94.3 Å². The summed E-state index contributed by atoms with van der Waals surface area (Å²) in [6.07, 6.45) is 0. The van der Waals surface area contributed by atoms with Crippen LogP contribution in [0.4, 0.5) is 10.1 Å². The van der Waals surface area contributed by atoms with Crippen molar-refractivity contribution >= 4 is 24.0 Å². The van der Waals surface area contributed by atoms with Gasteiger partial charge in [0, 0.05) is 18.7 Å². The predicted molar refractivity (Wildman–Crippen MR) is 60.6 cm³/mol. The van der Waals surface area contributed by atoms with Crippen molar-refractivity contribution in [3.05, 3.63) is 29.6 Å². The largest absolute Gasteiger partial charge is 0.326 e. The highest BCUT2D eigenvalue weighted by molar-refractivity contribution is 5.88. The van der Waals surface area contributed by atoms with Gasteiger partial charge in [-0.3, -0.25) is 4.79 Å². The first-order chi connectivity index (χ1) is 6.49. The minimum atomic E-state index is -0.399. The molecule has 1 atom stereocenters. The van der Waals surface area contributed by atoms with E-state index < -0.39 is 5.82 Å². The van der Waals surface area contributed by atoms with Gasteiger partial charge in [-0.15, -0.1) is 12.4 Å². The van der Waals surface area contributed by atoms with E-state index >= 15 is 0 Å². The maximum Gasteiger partial charge on any atom is 0.221 e. The van der Waals surface area contributed by atoms with Gasteiger partial charge in [-0.05, 0) is 30.7 Å². The van der Waals surface area contributed by atoms with E-state index in [9.17, 15) is 9.18 Å². The number of nitrogens with two attached hydrogens (primary N) is 1. The monoisotopic (exact) mass is 232 g/mol. The summed E-state index contributed by atoms with van der Waals surface area (Å²) < 4.78 is 13.0. The molecule has 1 aromatic carbocycles. The first kappa shape index (κ1) is 13.9. The molecule has 15 heavy (non-hydrogen) atoms. The maximum absolute atomic E-state index is 13.0. The molecule has 0 saturated heterocycles. The van der Waals surface area contributed by atoms with Crippen LogP contribution in [0.25, 0.3) is 0 Å². The van der Waals surface area contributed by atoms with Crippen molar-refractivity contribution in [2.75, 3.05) is 5.32 Å². The summed E-state index contributed by atoms with van der Waals surface area (Å²) in [5.41, 5.74) is 6.70. The van der Waals surface area contributed by atoms with Crippen molar-refractivity contribution in [3.8, 4) is 0 Å². The Hall–Kier alpha value is -1.13. The van der Waals surface area contributed by atoms with Crippen molar-refractivity contribution in [2.45, 2.75) is 19.9 Å². The molecular formula is C10H14ClFN2O. The molecule has 0 spiro atoms. The molecule has 0 radical (unpaired) electrons. The van der Waals surface area contributed by atoms with Gasteiger partial charge in [-0.25, -0.2) is 4.39 Å². The van der Waals surface area contributed by atoms with E-state index in [2.05, 4.69) is 5.32 Å². The second-order valence-corrected chi connectivity index (χ2v) is 3.24. The van der Waals surface area contributed by atoms with Crippen molar-refractivity contribution in [2.24, 2.45) is 5.73 Å². The fourth-order valence-corrected chi connectivity index (χ4v) is 1.15. The number of amides is 1. The molecule has 0 bridgehead atoms. The van der Waals surface area contributed by atoms with Crippen molar-refractivity contribution in [1.29, 1.82) is 0 Å². The van der Waals surface area contributed by atoms with E-state index in [1.807, 2.05) is 0 Å². The summed E-state index contributed by atoms with van der Waals surface area (Å²) in [5.74, 6) is -0.630. The molecule has 84 valence electrons. The fourth-order valence-electron chi connectivity index (χ4n) is 1.15. The van der Waals surface area contributed by atoms with Gasteiger partial charge in [0.05, 0.1) is 0 Å². The highest BCUT2D eigenvalue weighted by Crippen LogP contribution is 2.18. The van der Waals surface area contributed by atoms with Crippen molar-refractivity contribution in [3.63, 3.8) is 0 Å². The number of hydrogen-bond donors (Lipinski definition) is 2. The average molecular weight is 233 g/mol. The second-order valence-electron chi connectivity index (χ2n) is 3.24. The molecule has 0 fully saturated rings. The highest BCUT2D eigenvalue weighted by atomic mass is 35.5. The first-order valence-electron chi connectivity index (χ1n) is 4.32. The predicted octanol–water partition coefficient (Wildman–Crippen LogP) is 2.23. The highest BCUT2D eigenvalue weighted by Gasteiger charge is 2.05. The molecule has 1 aromatic rings. The zero-order valence-corrected chi connectivity index (χ0v) is 9.40. The van der Waals surface area contributed by atoms with Crippen LogP contribution in [0.5, 0.6) is 0 Å². The average Bonchev–Trinajstić information content (AvgIpc) is 2.01. The first-order valence-corrected chi connectivity index (χ1v) is 4.32. The summed E-state index contributed by atoms with van der Waals surface area (Å²) in [7, 11) is 0. The van der Waals surface area contributed by atoms with Gasteiger partial charge in [0.2, 0.25) is 5.91 Å². The van der Waals surface area contributed by atoms with Gasteiger partial charge >= 0.3 is 0 Å². The number of rotatable bonds is 2. The van der Waals surface area contributed by atoms with Crippen molar-refractivity contribution < 1.29 is 9.18 Å². The van der Waals surface area contributed by atoms with E-state index in [-0.39, 0.29) is 24.4 Å². The van der Waals surface area contributed by atoms with E-state index in [0.717, 1.165) is 0 Å². The lowest BCUT2D eigenvalue weighted by Gasteiger charge is -2.09. The summed E-state index contributed by atoms with van der Waals surface area (Å²) >= 11 is 0. The van der Waals surface area contributed by atoms with Crippen LogP contribution in [0.1, 0.15) is 25.5 Å². The minimum absolute atomic E-state index is 0. The Balaban J connectivity index is 0.00000196. The minimum Gasteiger partial charge on any atom is -0.326 e. The molecule has 0 unspecified atom stereocenters. The lowest BCUT2D eigenvalue weighted by atomic mass is 10.1. The molecule has 0 heterocycles. The molecule has 0 aromatic heterocycles. The quantitative estimate of drug-likeness (QED) is 0.822. The Kier molecular flexibility index (Phi) is 5.25. The summed E-state index contributed by atoms with van der Waals surface area (Å²) in [6.45, 7) is 3.13. The fraction of sp³-hybridized carbons (Fsp3) is 0.300. The van der Waals surface area contributed by atoms with Crippen LogP contribution in [-0.2, 0) is 4.79 Å². The topological polar surface area (TPSA) is 55.1 Å². The smallest absolute Gasteiger partial charge is 0.221 e. The zero-order valence-electron chi connectivity index (χ0n) is 8.58. The molecule has 0 saturated carbocycles. The number of anilines is 1. The second kappa shape index (κ2) is 5.68. The number of nitrogens with one attached hydrogen (secondary N) is 1. The number of carbonyl (C=O) groups is 1. The number of carbonyl (C=O) groups excluding carboxylic acids is 1. The van der Waals surface area contributed by atoms with Gasteiger partial charge in [-0.2, -0.15) is 0 Å². The van der Waals surface area contributed by atoms with Crippen LogP contribution in [0, 0.1) is 5.82 Å². The zero-order chi connectivity index (χ0) is 10.7. The van der Waals surface area contributed by atoms with Gasteiger partial charge in [0.15, 0.2) is 0 Å². The van der Waals surface area contributed by atoms with Crippen LogP contribution in [0.2, 0.25) is 0 Å². The van der Waals surface area contributed by atoms with E-state index in [0.29, 0.717) is 11.3 Å². The normalized spacial score (nSPS) is 11.5. The molecule has 1 amide bonds. The van der Waals surface area contributed by atoms with Crippen molar-refractivity contribution in [1.82, 2.24) is 0 Å². The van der Waals surface area contributed by atoms with Gasteiger partial charge in [0.1, 0.15) is 5.82 Å². The van der Waals surface area contributed by atoms with E-state index in [4.69, 9.17) is 5.73 Å². The van der Waals surface area contributed by atoms with Crippen LogP contribution in [-0.4, -0.2) is 5.91 Å². The van der Waals surface area contributed by atoms with Crippen LogP contribution in [0.15, 0.2) is 18.2 Å². The third-order valence-electron chi connectivity index (χ3n) is 1.77. The molecule has 1 rings (SSSR count). The SMILES string of the molecule is CC(=O)Nc1cc(F)cc([C@@H](C)N)c1.Cl. The number of halogens is 2. The molecule has 0 aliphatic carbocycles. The van der Waals surface area contributed by atoms with E-state index in [1.54, 1.807) is 13.0 Å². The number of benzene rings is 1. The van der Waals surface area contributed by atoms with E-state index in [1.165, 1.54) is 19.1 Å². The van der Waals surface area contributed by atoms with Crippen LogP contribution < -0.4 is 11.1 Å². The van der Waals surface area contributed by atoms with Crippen LogP contribution in [0.3, 0.4) is 0 Å². The standard InChI is InChI=1S/C10H13FN2O.ClH/c1-6(12)8-3-9(11)5-10(4-8)13-7(2)14;/h3-6H,12H2,1-2H3,(H,13,14);1H/t6-;/m1./s1. The third-order valence-corrected chi connectivity index (χ3v) is 1.77. The van der Waals surface area contributed by atoms with Crippen LogP contribution >= 0.6 is 12.4 Å². The molecular weight excluding hydrogens is 219 g/mol. The lowest BCUT2D eigenvalue weighted by Crippen LogP contribution is -2.09. The van der Waals surface area contributed by atoms with Gasteiger partial charge in [0.25, 0.3) is 0 Å². The maximum atomic E-state index is 13.0. The Bertz CT molecular complexity index is 355. The molecule has 3 N–H and O–H groups in total. The molecule has 5 heteroatoms. The Morgan fingerprint density at radius 2 is 2.07 bits per heavy atom. The lowest BCUT2D eigenvalue weighted by molar-refractivity contribution is -0.114. The summed E-state index contributed by atoms with van der Waals surface area (Å²) in [4.78, 5) is 10.7. The Morgan fingerprint density at radius 3 is 2.53 bits per heavy atom. The summed E-state index contributed by atoms with van der Waals surface area (Å²) in [6, 6.07) is 4.02. The third kappa shape index (κ3) is 4.27. The summed E-state index contributed by atoms with van der Waals surface area (Å²) in [5, 5.41) is 2.51. The molecule has 0 aliphatic heterocycles. The Morgan fingerprint density at radius 1 is 1.47 bits per heavy atom.